The predicted octanol–water partition coefficient (Wildman–Crippen LogP) is 3.33. The molecule has 0 radical (unpaired) electrons. The molecule has 1 aromatic heterocycles. The summed E-state index contributed by atoms with van der Waals surface area (Å²) in [5.41, 5.74) is 3.87. The van der Waals surface area contributed by atoms with Crippen LogP contribution in [0.25, 0.3) is 10.9 Å². The number of aromatic amines is 1. The second kappa shape index (κ2) is 6.75. The minimum atomic E-state index is -0.329. The SMILES string of the molecule is Cc1[nH]c2ccc(F)cc2c1CC(=O)Nc1ccc(N2CCNC2=O)cc1. The standard InChI is InChI=1S/C20H19FN4O2/c1-12-16(17-10-13(21)2-7-18(17)23-12)11-19(26)24-14-3-5-15(6-4-14)25-9-8-22-20(25)27/h2-7,10,23H,8-9,11H2,1H3,(H,22,27)(H,24,26). The first-order chi connectivity index (χ1) is 13.0. The number of carbonyl (C=O) groups is 2. The van der Waals surface area contributed by atoms with Crippen molar-refractivity contribution in [1.29, 1.82) is 0 Å². The topological polar surface area (TPSA) is 77.2 Å². The minimum absolute atomic E-state index is 0.117. The van der Waals surface area contributed by atoms with Crippen LogP contribution in [0.2, 0.25) is 0 Å². The highest BCUT2D eigenvalue weighted by Crippen LogP contribution is 2.24. The van der Waals surface area contributed by atoms with Crippen LogP contribution < -0.4 is 15.5 Å². The molecule has 2 heterocycles. The quantitative estimate of drug-likeness (QED) is 0.662. The number of rotatable bonds is 4. The van der Waals surface area contributed by atoms with E-state index >= 15 is 0 Å². The highest BCUT2D eigenvalue weighted by atomic mass is 19.1. The van der Waals surface area contributed by atoms with Crippen molar-refractivity contribution in [3.63, 3.8) is 0 Å². The zero-order valence-electron chi connectivity index (χ0n) is 14.8. The van der Waals surface area contributed by atoms with Gasteiger partial charge in [-0.15, -0.1) is 0 Å². The number of hydrogen-bond acceptors (Lipinski definition) is 2. The average Bonchev–Trinajstić information content (AvgIpc) is 3.19. The lowest BCUT2D eigenvalue weighted by Gasteiger charge is -2.14. The van der Waals surface area contributed by atoms with Crippen molar-refractivity contribution in [2.75, 3.05) is 23.3 Å². The van der Waals surface area contributed by atoms with E-state index in [-0.39, 0.29) is 24.2 Å². The summed E-state index contributed by atoms with van der Waals surface area (Å²) in [7, 11) is 0. The summed E-state index contributed by atoms with van der Waals surface area (Å²) >= 11 is 0. The molecule has 0 unspecified atom stereocenters. The van der Waals surface area contributed by atoms with E-state index < -0.39 is 0 Å². The fourth-order valence-electron chi connectivity index (χ4n) is 3.39. The zero-order chi connectivity index (χ0) is 19.0. The van der Waals surface area contributed by atoms with Gasteiger partial charge in [-0.2, -0.15) is 0 Å². The Balaban J connectivity index is 1.48. The van der Waals surface area contributed by atoms with Gasteiger partial charge in [0.15, 0.2) is 0 Å². The van der Waals surface area contributed by atoms with Crippen LogP contribution in [0, 0.1) is 12.7 Å². The Morgan fingerprint density at radius 1 is 1.22 bits per heavy atom. The van der Waals surface area contributed by atoms with E-state index in [9.17, 15) is 14.0 Å². The van der Waals surface area contributed by atoms with Crippen molar-refractivity contribution in [3.05, 3.63) is 59.5 Å². The van der Waals surface area contributed by atoms with Crippen LogP contribution in [0.4, 0.5) is 20.6 Å². The van der Waals surface area contributed by atoms with E-state index in [2.05, 4.69) is 15.6 Å². The van der Waals surface area contributed by atoms with Gasteiger partial charge in [-0.1, -0.05) is 0 Å². The fourth-order valence-corrected chi connectivity index (χ4v) is 3.39. The summed E-state index contributed by atoms with van der Waals surface area (Å²) in [5.74, 6) is -0.514. The monoisotopic (exact) mass is 366 g/mol. The van der Waals surface area contributed by atoms with E-state index in [1.54, 1.807) is 35.2 Å². The summed E-state index contributed by atoms with van der Waals surface area (Å²) < 4.78 is 13.6. The summed E-state index contributed by atoms with van der Waals surface area (Å²) in [6.07, 6.45) is 0.144. The van der Waals surface area contributed by atoms with Gasteiger partial charge in [0, 0.05) is 41.1 Å². The Morgan fingerprint density at radius 3 is 2.70 bits per heavy atom. The number of nitrogens with one attached hydrogen (secondary N) is 3. The largest absolute Gasteiger partial charge is 0.358 e. The normalized spacial score (nSPS) is 13.9. The van der Waals surface area contributed by atoms with Crippen molar-refractivity contribution in [1.82, 2.24) is 10.3 Å². The van der Waals surface area contributed by atoms with Gasteiger partial charge in [0.25, 0.3) is 0 Å². The maximum absolute atomic E-state index is 13.6. The first kappa shape index (κ1) is 17.1. The molecule has 4 rings (SSSR count). The van der Waals surface area contributed by atoms with Gasteiger partial charge in [0.2, 0.25) is 5.91 Å². The van der Waals surface area contributed by atoms with Crippen LogP contribution in [0.15, 0.2) is 42.5 Å². The van der Waals surface area contributed by atoms with Gasteiger partial charge in [-0.25, -0.2) is 9.18 Å². The molecule has 7 heteroatoms. The minimum Gasteiger partial charge on any atom is -0.358 e. The molecular formula is C20H19FN4O2. The second-order valence-electron chi connectivity index (χ2n) is 6.57. The third-order valence-corrected chi connectivity index (χ3v) is 4.74. The van der Waals surface area contributed by atoms with Gasteiger partial charge < -0.3 is 15.6 Å². The number of urea groups is 1. The number of H-pyrrole nitrogens is 1. The van der Waals surface area contributed by atoms with Crippen LogP contribution in [-0.2, 0) is 11.2 Å². The third kappa shape index (κ3) is 3.36. The predicted molar refractivity (Wildman–Crippen MR) is 103 cm³/mol. The maximum atomic E-state index is 13.6. The molecule has 0 atom stereocenters. The van der Waals surface area contributed by atoms with Crippen LogP contribution in [0.3, 0.4) is 0 Å². The lowest BCUT2D eigenvalue weighted by molar-refractivity contribution is -0.115. The molecule has 3 N–H and O–H groups in total. The van der Waals surface area contributed by atoms with Crippen molar-refractivity contribution < 1.29 is 14.0 Å². The van der Waals surface area contributed by atoms with Crippen LogP contribution in [0.1, 0.15) is 11.3 Å². The zero-order valence-corrected chi connectivity index (χ0v) is 14.8. The van der Waals surface area contributed by atoms with Crippen LogP contribution >= 0.6 is 0 Å². The van der Waals surface area contributed by atoms with Crippen molar-refractivity contribution in [2.45, 2.75) is 13.3 Å². The van der Waals surface area contributed by atoms with E-state index in [1.165, 1.54) is 12.1 Å². The summed E-state index contributed by atoms with van der Waals surface area (Å²) in [6.45, 7) is 3.12. The van der Waals surface area contributed by atoms with E-state index in [0.29, 0.717) is 18.8 Å². The van der Waals surface area contributed by atoms with Gasteiger partial charge in [0.1, 0.15) is 5.82 Å². The molecule has 0 bridgehead atoms. The smallest absolute Gasteiger partial charge is 0.321 e. The number of hydrogen-bond donors (Lipinski definition) is 3. The van der Waals surface area contributed by atoms with Gasteiger partial charge >= 0.3 is 6.03 Å². The summed E-state index contributed by atoms with van der Waals surface area (Å²) in [6, 6.07) is 11.5. The van der Waals surface area contributed by atoms with Crippen molar-refractivity contribution in [3.8, 4) is 0 Å². The molecule has 6 nitrogen and oxygen atoms in total. The lowest BCUT2D eigenvalue weighted by atomic mass is 10.1. The highest BCUT2D eigenvalue weighted by Gasteiger charge is 2.21. The Morgan fingerprint density at radius 2 is 2.00 bits per heavy atom. The average molecular weight is 366 g/mol. The number of aromatic nitrogens is 1. The Kier molecular flexibility index (Phi) is 4.27. The Bertz CT molecular complexity index is 1030. The molecule has 0 aliphatic carbocycles. The molecule has 1 aliphatic rings. The summed E-state index contributed by atoms with van der Waals surface area (Å²) in [5, 5.41) is 6.32. The van der Waals surface area contributed by atoms with Crippen LogP contribution in [0.5, 0.6) is 0 Å². The van der Waals surface area contributed by atoms with E-state index in [1.807, 2.05) is 6.92 Å². The molecule has 0 saturated carbocycles. The van der Waals surface area contributed by atoms with Gasteiger partial charge in [0.05, 0.1) is 6.42 Å². The molecule has 3 aromatic rings. The van der Waals surface area contributed by atoms with E-state index in [0.717, 1.165) is 27.8 Å². The molecule has 1 saturated heterocycles. The van der Waals surface area contributed by atoms with Gasteiger partial charge in [-0.3, -0.25) is 9.69 Å². The van der Waals surface area contributed by atoms with Crippen LogP contribution in [-0.4, -0.2) is 30.0 Å². The van der Waals surface area contributed by atoms with E-state index in [4.69, 9.17) is 0 Å². The number of benzene rings is 2. The van der Waals surface area contributed by atoms with Crippen molar-refractivity contribution >= 4 is 34.2 Å². The molecule has 138 valence electrons. The highest BCUT2D eigenvalue weighted by molar-refractivity contribution is 5.97. The number of aryl methyl sites for hydroxylation is 1. The number of carbonyl (C=O) groups excluding carboxylic acids is 2. The number of halogens is 1. The second-order valence-corrected chi connectivity index (χ2v) is 6.57. The van der Waals surface area contributed by atoms with Crippen molar-refractivity contribution in [2.24, 2.45) is 0 Å². The van der Waals surface area contributed by atoms with Gasteiger partial charge in [-0.05, 0) is 55.0 Å². The first-order valence-electron chi connectivity index (χ1n) is 8.73. The Labute approximate surface area is 155 Å². The number of nitrogens with zero attached hydrogens (tertiary/aromatic N) is 1. The maximum Gasteiger partial charge on any atom is 0.321 e. The first-order valence-corrected chi connectivity index (χ1v) is 8.73. The third-order valence-electron chi connectivity index (χ3n) is 4.74. The lowest BCUT2D eigenvalue weighted by Crippen LogP contribution is -2.27. The molecule has 0 spiro atoms. The molecular weight excluding hydrogens is 347 g/mol. The molecule has 3 amide bonds. The fraction of sp³-hybridized carbons (Fsp3) is 0.200. The number of fused-ring (bicyclic) bond motifs is 1. The molecule has 1 aliphatic heterocycles. The number of anilines is 2. The Hall–Kier alpha value is -3.35. The summed E-state index contributed by atoms with van der Waals surface area (Å²) in [4.78, 5) is 29.0. The molecule has 1 fully saturated rings. The molecule has 27 heavy (non-hydrogen) atoms. The number of amides is 3. The molecule has 2 aromatic carbocycles.